The average molecular weight is 316 g/mol. The van der Waals surface area contributed by atoms with E-state index in [9.17, 15) is 4.79 Å². The Labute approximate surface area is 115 Å². The maximum atomic E-state index is 12.0. The molecular weight excluding hydrogens is 298 g/mol. The van der Waals surface area contributed by atoms with E-state index in [0.29, 0.717) is 6.54 Å². The Kier molecular flexibility index (Phi) is 4.77. The summed E-state index contributed by atoms with van der Waals surface area (Å²) >= 11 is 4.91. The molecule has 1 saturated carbocycles. The lowest BCUT2D eigenvalue weighted by molar-refractivity contribution is 0.0942. The fourth-order valence-corrected chi connectivity index (χ4v) is 3.80. The van der Waals surface area contributed by atoms with E-state index < -0.39 is 0 Å². The van der Waals surface area contributed by atoms with E-state index in [4.69, 9.17) is 0 Å². The first-order chi connectivity index (χ1) is 8.15. The van der Waals surface area contributed by atoms with Crippen LogP contribution in [0.15, 0.2) is 15.9 Å². The number of halogens is 1. The maximum Gasteiger partial charge on any atom is 0.186 e. The van der Waals surface area contributed by atoms with E-state index in [2.05, 4.69) is 27.9 Å². The number of nitrogens with zero attached hydrogens (tertiary/aromatic N) is 1. The summed E-state index contributed by atoms with van der Waals surface area (Å²) < 4.78 is 1.03. The third-order valence-corrected chi connectivity index (χ3v) is 4.97. The van der Waals surface area contributed by atoms with Gasteiger partial charge in [0.2, 0.25) is 0 Å². The van der Waals surface area contributed by atoms with E-state index in [1.165, 1.54) is 37.0 Å². The normalized spacial score (nSPS) is 16.9. The van der Waals surface area contributed by atoms with Crippen LogP contribution in [-0.2, 0) is 0 Å². The highest BCUT2D eigenvalue weighted by Gasteiger charge is 2.18. The molecule has 0 spiro atoms. The lowest BCUT2D eigenvalue weighted by Gasteiger charge is -2.19. The van der Waals surface area contributed by atoms with Gasteiger partial charge in [0, 0.05) is 6.54 Å². The van der Waals surface area contributed by atoms with Gasteiger partial charge < -0.3 is 0 Å². The SMILES string of the molecule is CN(CC(=O)c1ccc(Br)s1)CC1CCCC1. The number of Topliss-reactive ketones (excluding diaryl/α,β-unsaturated/α-hetero) is 1. The molecule has 1 aliphatic rings. The van der Waals surface area contributed by atoms with Gasteiger partial charge in [-0.1, -0.05) is 12.8 Å². The molecule has 0 N–H and O–H groups in total. The smallest absolute Gasteiger partial charge is 0.186 e. The summed E-state index contributed by atoms with van der Waals surface area (Å²) in [5, 5.41) is 0. The molecule has 0 radical (unpaired) electrons. The Hall–Kier alpha value is -0.190. The van der Waals surface area contributed by atoms with Gasteiger partial charge in [-0.15, -0.1) is 11.3 Å². The fourth-order valence-electron chi connectivity index (χ4n) is 2.49. The number of carbonyl (C=O) groups excluding carboxylic acids is 1. The summed E-state index contributed by atoms with van der Waals surface area (Å²) in [7, 11) is 2.05. The quantitative estimate of drug-likeness (QED) is 0.770. The molecule has 2 rings (SSSR count). The second kappa shape index (κ2) is 6.12. The summed E-state index contributed by atoms with van der Waals surface area (Å²) in [6.07, 6.45) is 5.40. The van der Waals surface area contributed by atoms with Gasteiger partial charge in [0.15, 0.2) is 5.78 Å². The summed E-state index contributed by atoms with van der Waals surface area (Å²) in [5.41, 5.74) is 0. The Balaban J connectivity index is 1.81. The molecule has 0 aliphatic heterocycles. The first-order valence-electron chi connectivity index (χ1n) is 6.12. The number of hydrogen-bond donors (Lipinski definition) is 0. The summed E-state index contributed by atoms with van der Waals surface area (Å²) in [6.45, 7) is 1.61. The monoisotopic (exact) mass is 315 g/mol. The van der Waals surface area contributed by atoms with Gasteiger partial charge in [-0.05, 0) is 53.9 Å². The van der Waals surface area contributed by atoms with Crippen LogP contribution >= 0.6 is 27.3 Å². The number of ketones is 1. The number of thiophene rings is 1. The number of likely N-dealkylation sites (N-methyl/N-ethyl adjacent to an activating group) is 1. The summed E-state index contributed by atoms with van der Waals surface area (Å²) in [4.78, 5) is 15.0. The molecule has 0 aromatic carbocycles. The first-order valence-corrected chi connectivity index (χ1v) is 7.73. The fraction of sp³-hybridized carbons (Fsp3) is 0.615. The van der Waals surface area contributed by atoms with Crippen molar-refractivity contribution < 1.29 is 4.79 Å². The molecule has 4 heteroatoms. The van der Waals surface area contributed by atoms with Gasteiger partial charge in [0.25, 0.3) is 0 Å². The lowest BCUT2D eigenvalue weighted by Crippen LogP contribution is -2.29. The number of carbonyl (C=O) groups is 1. The van der Waals surface area contributed by atoms with Gasteiger partial charge >= 0.3 is 0 Å². The highest BCUT2D eigenvalue weighted by Crippen LogP contribution is 2.26. The molecule has 1 aliphatic carbocycles. The first kappa shape index (κ1) is 13.2. The molecule has 17 heavy (non-hydrogen) atoms. The minimum Gasteiger partial charge on any atom is -0.299 e. The van der Waals surface area contributed by atoms with Crippen LogP contribution in [0.25, 0.3) is 0 Å². The van der Waals surface area contributed by atoms with Crippen molar-refractivity contribution in [2.24, 2.45) is 5.92 Å². The third kappa shape index (κ3) is 3.90. The molecule has 0 amide bonds. The molecule has 0 atom stereocenters. The zero-order chi connectivity index (χ0) is 12.3. The average Bonchev–Trinajstić information content (AvgIpc) is 2.89. The number of hydrogen-bond acceptors (Lipinski definition) is 3. The van der Waals surface area contributed by atoms with Gasteiger partial charge in [-0.25, -0.2) is 0 Å². The topological polar surface area (TPSA) is 20.3 Å². The molecule has 1 heterocycles. The zero-order valence-corrected chi connectivity index (χ0v) is 12.5. The van der Waals surface area contributed by atoms with Gasteiger partial charge in [-0.3, -0.25) is 9.69 Å². The van der Waals surface area contributed by atoms with E-state index in [1.807, 2.05) is 12.1 Å². The van der Waals surface area contributed by atoms with Crippen molar-refractivity contribution in [3.63, 3.8) is 0 Å². The Morgan fingerprint density at radius 3 is 2.76 bits per heavy atom. The molecule has 0 unspecified atom stereocenters. The number of rotatable bonds is 5. The van der Waals surface area contributed by atoms with Crippen LogP contribution in [0.1, 0.15) is 35.4 Å². The van der Waals surface area contributed by atoms with E-state index >= 15 is 0 Å². The molecule has 1 aromatic rings. The minimum atomic E-state index is 0.237. The largest absolute Gasteiger partial charge is 0.299 e. The Morgan fingerprint density at radius 1 is 1.47 bits per heavy atom. The molecule has 94 valence electrons. The van der Waals surface area contributed by atoms with Crippen molar-refractivity contribution in [1.29, 1.82) is 0 Å². The van der Waals surface area contributed by atoms with Crippen LogP contribution in [0.5, 0.6) is 0 Å². The zero-order valence-electron chi connectivity index (χ0n) is 10.1. The van der Waals surface area contributed by atoms with Gasteiger partial charge in [-0.2, -0.15) is 0 Å². The van der Waals surface area contributed by atoms with Crippen molar-refractivity contribution >= 4 is 33.0 Å². The molecule has 2 nitrogen and oxygen atoms in total. The van der Waals surface area contributed by atoms with Crippen LogP contribution in [-0.4, -0.2) is 30.8 Å². The highest BCUT2D eigenvalue weighted by molar-refractivity contribution is 9.11. The molecule has 0 saturated heterocycles. The summed E-state index contributed by atoms with van der Waals surface area (Å²) in [5.74, 6) is 1.05. The van der Waals surface area contributed by atoms with E-state index in [-0.39, 0.29) is 5.78 Å². The predicted molar refractivity (Wildman–Crippen MR) is 75.8 cm³/mol. The van der Waals surface area contributed by atoms with Crippen molar-refractivity contribution in [3.05, 3.63) is 20.8 Å². The highest BCUT2D eigenvalue weighted by atomic mass is 79.9. The van der Waals surface area contributed by atoms with E-state index in [1.54, 1.807) is 0 Å². The molecule has 1 fully saturated rings. The Morgan fingerprint density at radius 2 is 2.18 bits per heavy atom. The maximum absolute atomic E-state index is 12.0. The van der Waals surface area contributed by atoms with Gasteiger partial charge in [0.05, 0.1) is 15.2 Å². The predicted octanol–water partition coefficient (Wildman–Crippen LogP) is 3.82. The van der Waals surface area contributed by atoms with Crippen LogP contribution in [0.4, 0.5) is 0 Å². The summed E-state index contributed by atoms with van der Waals surface area (Å²) in [6, 6.07) is 3.84. The third-order valence-electron chi connectivity index (χ3n) is 3.31. The second-order valence-corrected chi connectivity index (χ2v) is 7.34. The van der Waals surface area contributed by atoms with Crippen LogP contribution in [0.3, 0.4) is 0 Å². The van der Waals surface area contributed by atoms with Crippen molar-refractivity contribution in [2.45, 2.75) is 25.7 Å². The molecule has 1 aromatic heterocycles. The van der Waals surface area contributed by atoms with Crippen LogP contribution < -0.4 is 0 Å². The standard InChI is InChI=1S/C13H18BrNOS/c1-15(8-10-4-2-3-5-10)9-11(16)12-6-7-13(14)17-12/h6-7,10H,2-5,8-9H2,1H3. The molecular formula is C13H18BrNOS. The Bertz CT molecular complexity index is 385. The van der Waals surface area contributed by atoms with Crippen molar-refractivity contribution in [3.8, 4) is 0 Å². The van der Waals surface area contributed by atoms with Crippen LogP contribution in [0.2, 0.25) is 0 Å². The van der Waals surface area contributed by atoms with Crippen molar-refractivity contribution in [1.82, 2.24) is 4.90 Å². The lowest BCUT2D eigenvalue weighted by atomic mass is 10.1. The van der Waals surface area contributed by atoms with Crippen molar-refractivity contribution in [2.75, 3.05) is 20.1 Å². The van der Waals surface area contributed by atoms with E-state index in [0.717, 1.165) is 21.1 Å². The minimum absolute atomic E-state index is 0.237. The molecule has 0 bridgehead atoms. The second-order valence-electron chi connectivity index (χ2n) is 4.87. The van der Waals surface area contributed by atoms with Gasteiger partial charge in [0.1, 0.15) is 0 Å². The van der Waals surface area contributed by atoms with Crippen LogP contribution in [0, 0.1) is 5.92 Å².